The summed E-state index contributed by atoms with van der Waals surface area (Å²) >= 11 is 0. The predicted molar refractivity (Wildman–Crippen MR) is 241 cm³/mol. The molecule has 282 valence electrons. The number of hydrogen-bond acceptors (Lipinski definition) is 3. The summed E-state index contributed by atoms with van der Waals surface area (Å²) in [6.45, 7) is 2.35. The van der Waals surface area contributed by atoms with E-state index in [-0.39, 0.29) is 29.8 Å². The van der Waals surface area contributed by atoms with Crippen LogP contribution in [0.3, 0.4) is 0 Å². The minimum Gasteiger partial charge on any atom is -0.456 e. The van der Waals surface area contributed by atoms with Crippen molar-refractivity contribution in [3.63, 3.8) is 0 Å². The van der Waals surface area contributed by atoms with E-state index >= 15 is 0 Å². The van der Waals surface area contributed by atoms with Crippen molar-refractivity contribution in [3.8, 4) is 22.6 Å². The molecule has 1 N–H and O–H groups in total. The molecule has 0 fully saturated rings. The molecule has 0 saturated carbocycles. The number of rotatable bonds is 4. The van der Waals surface area contributed by atoms with Gasteiger partial charge in [-0.2, -0.15) is 0 Å². The first kappa shape index (κ1) is 34.1. The van der Waals surface area contributed by atoms with E-state index < -0.39 is 5.41 Å². The van der Waals surface area contributed by atoms with Crippen LogP contribution >= 0.6 is 0 Å². The lowest BCUT2D eigenvalue weighted by Gasteiger charge is -2.45. The molecule has 0 amide bonds. The van der Waals surface area contributed by atoms with Crippen LogP contribution in [0.1, 0.15) is 63.9 Å². The van der Waals surface area contributed by atoms with Gasteiger partial charge in [0.2, 0.25) is 0 Å². The highest BCUT2D eigenvalue weighted by Gasteiger charge is 2.57. The predicted octanol–water partition coefficient (Wildman–Crippen LogP) is 13.4. The maximum Gasteiger partial charge on any atom is 0.137 e. The van der Waals surface area contributed by atoms with E-state index in [9.17, 15) is 0 Å². The van der Waals surface area contributed by atoms with Gasteiger partial charge in [0.05, 0.1) is 17.5 Å². The molecule has 0 saturated heterocycles. The Labute approximate surface area is 345 Å². The van der Waals surface area contributed by atoms with Crippen LogP contribution in [0.2, 0.25) is 0 Å². The van der Waals surface area contributed by atoms with E-state index in [1.165, 1.54) is 60.5 Å². The van der Waals surface area contributed by atoms with Crippen molar-refractivity contribution in [1.29, 1.82) is 0 Å². The van der Waals surface area contributed by atoms with Crippen LogP contribution in [0.25, 0.3) is 32.7 Å². The Morgan fingerprint density at radius 1 is 0.559 bits per heavy atom. The van der Waals surface area contributed by atoms with Gasteiger partial charge in [0.25, 0.3) is 0 Å². The molecule has 8 aromatic carbocycles. The van der Waals surface area contributed by atoms with E-state index in [4.69, 9.17) is 9.73 Å². The van der Waals surface area contributed by atoms with Gasteiger partial charge in [-0.15, -0.1) is 0 Å². The molecule has 12 rings (SSSR count). The zero-order valence-corrected chi connectivity index (χ0v) is 32.8. The number of nitrogens with zero attached hydrogens (tertiary/aromatic N) is 1. The Balaban J connectivity index is 1.000. The maximum absolute atomic E-state index is 7.18. The van der Waals surface area contributed by atoms with Crippen molar-refractivity contribution in [2.75, 3.05) is 0 Å². The number of nitrogens with one attached hydrogen (secondary N) is 1. The first-order chi connectivity index (χ1) is 29.2. The van der Waals surface area contributed by atoms with Gasteiger partial charge >= 0.3 is 0 Å². The molecular formula is C56H42N2O. The summed E-state index contributed by atoms with van der Waals surface area (Å²) < 4.78 is 7.18. The van der Waals surface area contributed by atoms with Crippen molar-refractivity contribution < 1.29 is 4.74 Å². The van der Waals surface area contributed by atoms with Gasteiger partial charge in [0, 0.05) is 40.0 Å². The Kier molecular flexibility index (Phi) is 7.68. The Bertz CT molecular complexity index is 3050. The van der Waals surface area contributed by atoms with Gasteiger partial charge in [-0.25, -0.2) is 0 Å². The smallest absolute Gasteiger partial charge is 0.137 e. The van der Waals surface area contributed by atoms with E-state index in [0.717, 1.165) is 28.5 Å². The van der Waals surface area contributed by atoms with E-state index in [0.29, 0.717) is 0 Å². The zero-order valence-electron chi connectivity index (χ0n) is 32.8. The van der Waals surface area contributed by atoms with Gasteiger partial charge in [0.1, 0.15) is 17.3 Å². The quantitative estimate of drug-likeness (QED) is 0.181. The lowest BCUT2D eigenvalue weighted by atomic mass is 9.61. The lowest BCUT2D eigenvalue weighted by Crippen LogP contribution is -2.41. The van der Waals surface area contributed by atoms with Crippen LogP contribution < -0.4 is 10.1 Å². The fraction of sp³-hybridized carbons (Fsp3) is 0.125. The molecule has 3 heteroatoms. The Hall–Kier alpha value is -6.97. The largest absolute Gasteiger partial charge is 0.456 e. The number of benzene rings is 8. The lowest BCUT2D eigenvalue weighted by molar-refractivity contribution is 0.327. The minimum absolute atomic E-state index is 0.0803. The summed E-state index contributed by atoms with van der Waals surface area (Å²) in [5.41, 5.74) is 10.7. The zero-order chi connectivity index (χ0) is 39.1. The van der Waals surface area contributed by atoms with Crippen LogP contribution in [-0.2, 0) is 5.41 Å². The number of allylic oxidation sites excluding steroid dienone is 4. The molecule has 6 atom stereocenters. The van der Waals surface area contributed by atoms with Crippen molar-refractivity contribution >= 4 is 27.4 Å². The van der Waals surface area contributed by atoms with Gasteiger partial charge in [-0.1, -0.05) is 195 Å². The molecule has 8 aromatic rings. The topological polar surface area (TPSA) is 33.6 Å². The second-order valence-electron chi connectivity index (χ2n) is 16.6. The number of ether oxygens (including phenoxy) is 1. The average Bonchev–Trinajstić information content (AvgIpc) is 3.60. The van der Waals surface area contributed by atoms with Crippen LogP contribution in [0.4, 0.5) is 0 Å². The van der Waals surface area contributed by atoms with Crippen molar-refractivity contribution in [2.45, 2.75) is 30.3 Å². The monoisotopic (exact) mass is 758 g/mol. The molecule has 3 nitrogen and oxygen atoms in total. The molecule has 6 unspecified atom stereocenters. The van der Waals surface area contributed by atoms with E-state index in [1.807, 2.05) is 0 Å². The molecule has 0 radical (unpaired) electrons. The number of amidine groups is 1. The molecule has 0 bridgehead atoms. The van der Waals surface area contributed by atoms with Crippen LogP contribution in [0, 0.1) is 11.8 Å². The summed E-state index contributed by atoms with van der Waals surface area (Å²) in [6, 6.07) is 64.1. The van der Waals surface area contributed by atoms with Gasteiger partial charge in [-0.05, 0) is 61.5 Å². The minimum atomic E-state index is -0.404. The Morgan fingerprint density at radius 2 is 1.24 bits per heavy atom. The fourth-order valence-corrected chi connectivity index (χ4v) is 11.1. The summed E-state index contributed by atoms with van der Waals surface area (Å²) in [7, 11) is 0. The standard InChI is InChI=1S/C56H42N2O/c1-35-52(37-32-30-36(31-33-37)46-34-39-18-5-6-19-40(39)41-20-7-8-21-42(41)46)57-55(38-16-3-2-4-17-38)58-53(35)45-24-15-28-50-54(45)59-51-29-14-13-27-49(51)56(50)47-25-11-9-22-43(47)44-23-10-12-26-48(44)56/h2-35,43,47,52-53H,1H3,(H,57,58). The first-order valence-electron chi connectivity index (χ1n) is 20.9. The van der Waals surface area contributed by atoms with E-state index in [1.54, 1.807) is 0 Å². The number of aliphatic imine (C=N–C) groups is 1. The molecule has 0 aromatic heterocycles. The molecule has 4 aliphatic rings. The van der Waals surface area contributed by atoms with E-state index in [2.05, 4.69) is 212 Å². The van der Waals surface area contributed by atoms with Gasteiger partial charge in [0.15, 0.2) is 0 Å². The van der Waals surface area contributed by atoms with Crippen LogP contribution in [0.15, 0.2) is 205 Å². The summed E-state index contributed by atoms with van der Waals surface area (Å²) in [4.78, 5) is 5.52. The number of hydrogen-bond donors (Lipinski definition) is 1. The second kappa shape index (κ2) is 13.3. The third kappa shape index (κ3) is 5.04. The summed E-state index contributed by atoms with van der Waals surface area (Å²) in [5, 5.41) is 9.07. The van der Waals surface area contributed by atoms with Crippen LogP contribution in [-0.4, -0.2) is 5.84 Å². The number of para-hydroxylation sites is 2. The first-order valence-corrected chi connectivity index (χ1v) is 20.9. The van der Waals surface area contributed by atoms with Crippen molar-refractivity contribution in [2.24, 2.45) is 16.8 Å². The molecule has 2 heterocycles. The molecule has 2 aliphatic carbocycles. The highest BCUT2D eigenvalue weighted by atomic mass is 16.5. The molecular weight excluding hydrogens is 717 g/mol. The van der Waals surface area contributed by atoms with Crippen molar-refractivity contribution in [1.82, 2.24) is 5.32 Å². The van der Waals surface area contributed by atoms with Crippen molar-refractivity contribution in [3.05, 3.63) is 239 Å². The second-order valence-corrected chi connectivity index (χ2v) is 16.6. The molecule has 59 heavy (non-hydrogen) atoms. The van der Waals surface area contributed by atoms with Gasteiger partial charge < -0.3 is 10.1 Å². The maximum atomic E-state index is 7.18. The summed E-state index contributed by atoms with van der Waals surface area (Å²) in [6.07, 6.45) is 9.28. The highest BCUT2D eigenvalue weighted by Crippen LogP contribution is 2.65. The third-order valence-corrected chi connectivity index (χ3v) is 13.7. The number of fused-ring (bicyclic) bond motifs is 12. The fourth-order valence-electron chi connectivity index (χ4n) is 11.1. The third-order valence-electron chi connectivity index (χ3n) is 13.7. The summed E-state index contributed by atoms with van der Waals surface area (Å²) in [5.74, 6) is 3.38. The van der Waals surface area contributed by atoms with Crippen LogP contribution in [0.5, 0.6) is 11.5 Å². The van der Waals surface area contributed by atoms with Gasteiger partial charge in [-0.3, -0.25) is 4.99 Å². The molecule has 2 aliphatic heterocycles. The average molecular weight is 759 g/mol. The molecule has 1 spiro atoms. The normalized spacial score (nSPS) is 23.5. The Morgan fingerprint density at radius 3 is 2.10 bits per heavy atom. The SMILES string of the molecule is CC1C(c2ccc(-c3cc4ccccc4c4ccccc34)cc2)N=C(c2ccccc2)NC1c1cccc2c1Oc1ccccc1C21c2ccccc2C2C=CC=CC21. The highest BCUT2D eigenvalue weighted by molar-refractivity contribution is 6.13.